The Morgan fingerprint density at radius 1 is 1.20 bits per heavy atom. The molecular weight excluding hydrogens is 186 g/mol. The first-order valence-electron chi connectivity index (χ1n) is 6.48. The predicted molar refractivity (Wildman–Crippen MR) is 65.1 cm³/mol. The number of ether oxygens (including phenoxy) is 1. The number of rotatable bonds is 8. The van der Waals surface area contributed by atoms with Gasteiger partial charge in [-0.25, -0.2) is 0 Å². The Hall–Kier alpha value is -0.0800. The van der Waals surface area contributed by atoms with Crippen molar-refractivity contribution >= 4 is 0 Å². The average Bonchev–Trinajstić information content (AvgIpc) is 2.16. The first-order chi connectivity index (χ1) is 7.26. The summed E-state index contributed by atoms with van der Waals surface area (Å²) in [7, 11) is 1.76. The lowest BCUT2D eigenvalue weighted by Gasteiger charge is -2.48. The van der Waals surface area contributed by atoms with Gasteiger partial charge in [-0.05, 0) is 31.1 Å². The van der Waals surface area contributed by atoms with Crippen LogP contribution in [0.3, 0.4) is 0 Å². The second-order valence-electron chi connectivity index (χ2n) is 5.05. The molecule has 2 heteroatoms. The van der Waals surface area contributed by atoms with Gasteiger partial charge in [0.2, 0.25) is 0 Å². The molecule has 0 aromatic carbocycles. The molecule has 1 aliphatic carbocycles. The van der Waals surface area contributed by atoms with Gasteiger partial charge in [-0.15, -0.1) is 0 Å². The van der Waals surface area contributed by atoms with Gasteiger partial charge in [0, 0.05) is 19.7 Å². The van der Waals surface area contributed by atoms with Gasteiger partial charge in [-0.1, -0.05) is 26.7 Å². The third-order valence-electron chi connectivity index (χ3n) is 3.66. The van der Waals surface area contributed by atoms with Gasteiger partial charge < -0.3 is 10.1 Å². The zero-order valence-corrected chi connectivity index (χ0v) is 10.6. The van der Waals surface area contributed by atoms with Crippen LogP contribution in [0.4, 0.5) is 0 Å². The van der Waals surface area contributed by atoms with Gasteiger partial charge in [0.25, 0.3) is 0 Å². The van der Waals surface area contributed by atoms with Crippen LogP contribution < -0.4 is 5.32 Å². The van der Waals surface area contributed by atoms with E-state index in [4.69, 9.17) is 4.74 Å². The van der Waals surface area contributed by atoms with E-state index in [0.717, 1.165) is 19.2 Å². The summed E-state index contributed by atoms with van der Waals surface area (Å²) in [5.74, 6) is 0. The van der Waals surface area contributed by atoms with E-state index >= 15 is 0 Å². The van der Waals surface area contributed by atoms with Crippen molar-refractivity contribution in [1.82, 2.24) is 5.32 Å². The van der Waals surface area contributed by atoms with Crippen molar-refractivity contribution in [3.63, 3.8) is 0 Å². The Balaban J connectivity index is 2.18. The summed E-state index contributed by atoms with van der Waals surface area (Å²) in [6, 6.07) is 0.762. The number of nitrogens with one attached hydrogen (secondary N) is 1. The number of hydrogen-bond acceptors (Lipinski definition) is 2. The zero-order chi connectivity index (χ0) is 11.1. The fourth-order valence-electron chi connectivity index (χ4n) is 3.09. The quantitative estimate of drug-likeness (QED) is 0.626. The van der Waals surface area contributed by atoms with E-state index in [1.165, 1.54) is 38.5 Å². The molecule has 0 saturated heterocycles. The van der Waals surface area contributed by atoms with E-state index in [1.54, 1.807) is 7.11 Å². The molecule has 1 saturated carbocycles. The smallest absolute Gasteiger partial charge is 0.0587 e. The summed E-state index contributed by atoms with van der Waals surface area (Å²) < 4.78 is 5.05. The number of hydrogen-bond donors (Lipinski definition) is 1. The second-order valence-corrected chi connectivity index (χ2v) is 5.05. The summed E-state index contributed by atoms with van der Waals surface area (Å²) in [5, 5.41) is 3.57. The van der Waals surface area contributed by atoms with Crippen LogP contribution in [0.2, 0.25) is 0 Å². The monoisotopic (exact) mass is 213 g/mol. The van der Waals surface area contributed by atoms with Crippen LogP contribution in [0.5, 0.6) is 0 Å². The lowest BCUT2D eigenvalue weighted by Crippen LogP contribution is -2.49. The van der Waals surface area contributed by atoms with Crippen molar-refractivity contribution < 1.29 is 4.74 Å². The van der Waals surface area contributed by atoms with Crippen LogP contribution in [-0.2, 0) is 4.74 Å². The first kappa shape index (κ1) is 13.0. The van der Waals surface area contributed by atoms with Crippen molar-refractivity contribution in [2.45, 2.75) is 58.4 Å². The molecule has 0 atom stereocenters. The zero-order valence-electron chi connectivity index (χ0n) is 10.6. The van der Waals surface area contributed by atoms with Crippen molar-refractivity contribution in [2.24, 2.45) is 5.41 Å². The minimum Gasteiger partial charge on any atom is -0.383 e. The maximum atomic E-state index is 5.05. The van der Waals surface area contributed by atoms with Crippen LogP contribution in [-0.4, -0.2) is 26.3 Å². The van der Waals surface area contributed by atoms with Crippen molar-refractivity contribution in [1.29, 1.82) is 0 Å². The second kappa shape index (κ2) is 6.49. The molecule has 15 heavy (non-hydrogen) atoms. The fraction of sp³-hybridized carbons (Fsp3) is 1.00. The molecule has 1 fully saturated rings. The Labute approximate surface area is 94.8 Å². The molecule has 0 amide bonds. The van der Waals surface area contributed by atoms with Crippen LogP contribution >= 0.6 is 0 Å². The van der Waals surface area contributed by atoms with Gasteiger partial charge in [0.15, 0.2) is 0 Å². The SMILES string of the molecule is CCCC1(CCC)CC(NCCOC)C1. The lowest BCUT2D eigenvalue weighted by molar-refractivity contribution is 0.0549. The Kier molecular flexibility index (Phi) is 5.62. The Morgan fingerprint density at radius 2 is 1.80 bits per heavy atom. The summed E-state index contributed by atoms with van der Waals surface area (Å²) in [6.07, 6.45) is 8.29. The van der Waals surface area contributed by atoms with Crippen LogP contribution in [0.25, 0.3) is 0 Å². The highest BCUT2D eigenvalue weighted by Crippen LogP contribution is 2.48. The molecule has 0 aromatic rings. The normalized spacial score (nSPS) is 20.2. The highest BCUT2D eigenvalue weighted by atomic mass is 16.5. The molecule has 90 valence electrons. The van der Waals surface area contributed by atoms with Gasteiger partial charge in [0.05, 0.1) is 6.61 Å². The van der Waals surface area contributed by atoms with Crippen LogP contribution in [0.1, 0.15) is 52.4 Å². The molecule has 1 rings (SSSR count). The average molecular weight is 213 g/mol. The maximum Gasteiger partial charge on any atom is 0.0587 e. The molecule has 1 N–H and O–H groups in total. The summed E-state index contributed by atoms with van der Waals surface area (Å²) >= 11 is 0. The molecule has 0 heterocycles. The highest BCUT2D eigenvalue weighted by Gasteiger charge is 2.41. The van der Waals surface area contributed by atoms with Crippen LogP contribution in [0, 0.1) is 5.41 Å². The van der Waals surface area contributed by atoms with E-state index in [9.17, 15) is 0 Å². The van der Waals surface area contributed by atoms with E-state index < -0.39 is 0 Å². The van der Waals surface area contributed by atoms with Gasteiger partial charge in [-0.2, -0.15) is 0 Å². The molecule has 2 nitrogen and oxygen atoms in total. The van der Waals surface area contributed by atoms with Crippen LogP contribution in [0.15, 0.2) is 0 Å². The van der Waals surface area contributed by atoms with E-state index in [0.29, 0.717) is 5.41 Å². The predicted octanol–water partition coefficient (Wildman–Crippen LogP) is 2.97. The first-order valence-corrected chi connectivity index (χ1v) is 6.48. The topological polar surface area (TPSA) is 21.3 Å². The van der Waals surface area contributed by atoms with Crippen molar-refractivity contribution in [2.75, 3.05) is 20.3 Å². The molecule has 0 aliphatic heterocycles. The van der Waals surface area contributed by atoms with Gasteiger partial charge in [0.1, 0.15) is 0 Å². The Bertz CT molecular complexity index is 156. The Morgan fingerprint density at radius 3 is 2.27 bits per heavy atom. The van der Waals surface area contributed by atoms with E-state index in [2.05, 4.69) is 19.2 Å². The minimum absolute atomic E-state index is 0.689. The molecule has 1 aliphatic rings. The van der Waals surface area contributed by atoms with E-state index in [1.807, 2.05) is 0 Å². The molecule has 0 spiro atoms. The third-order valence-corrected chi connectivity index (χ3v) is 3.66. The molecule has 0 aromatic heterocycles. The molecule has 0 unspecified atom stereocenters. The van der Waals surface area contributed by atoms with E-state index in [-0.39, 0.29) is 0 Å². The summed E-state index contributed by atoms with van der Waals surface area (Å²) in [4.78, 5) is 0. The highest BCUT2D eigenvalue weighted by molar-refractivity contribution is 4.96. The van der Waals surface area contributed by atoms with Gasteiger partial charge >= 0.3 is 0 Å². The van der Waals surface area contributed by atoms with Gasteiger partial charge in [-0.3, -0.25) is 0 Å². The fourth-order valence-corrected chi connectivity index (χ4v) is 3.09. The molecule has 0 bridgehead atoms. The lowest BCUT2D eigenvalue weighted by atomic mass is 9.61. The van der Waals surface area contributed by atoms with Crippen molar-refractivity contribution in [3.05, 3.63) is 0 Å². The minimum atomic E-state index is 0.689. The largest absolute Gasteiger partial charge is 0.383 e. The third kappa shape index (κ3) is 3.76. The standard InChI is InChI=1S/C13H27NO/c1-4-6-13(7-5-2)10-12(11-13)14-8-9-15-3/h12,14H,4-11H2,1-3H3. The summed E-state index contributed by atoms with van der Waals surface area (Å²) in [5.41, 5.74) is 0.689. The summed E-state index contributed by atoms with van der Waals surface area (Å²) in [6.45, 7) is 6.47. The van der Waals surface area contributed by atoms with Crippen molar-refractivity contribution in [3.8, 4) is 0 Å². The molecule has 0 radical (unpaired) electrons. The maximum absolute atomic E-state index is 5.05. The number of methoxy groups -OCH3 is 1. The molecular formula is C13H27NO.